The largest absolute Gasteiger partial charge is 0.493 e. The van der Waals surface area contributed by atoms with Crippen LogP contribution in [0.5, 0.6) is 11.5 Å². The van der Waals surface area contributed by atoms with Crippen LogP contribution in [0.1, 0.15) is 23.1 Å². The molecule has 0 aliphatic carbocycles. The molecule has 0 radical (unpaired) electrons. The maximum atomic E-state index is 13.3. The minimum absolute atomic E-state index is 0. The number of amides is 1. The normalized spacial score (nSPS) is 11.0. The Morgan fingerprint density at radius 3 is 2.66 bits per heavy atom. The molecule has 0 atom stereocenters. The highest BCUT2D eigenvalue weighted by molar-refractivity contribution is 7.22. The molecule has 0 unspecified atom stereocenters. The molecule has 0 spiro atoms. The SMILES string of the molecule is COc1ccc(/C=C/C(=O)N(CCCn2ccnc2)c2nc3c(C)c(C)ccc3s2)cc1OC.Cl. The minimum Gasteiger partial charge on any atom is -0.493 e. The summed E-state index contributed by atoms with van der Waals surface area (Å²) in [6, 6.07) is 9.73. The van der Waals surface area contributed by atoms with Gasteiger partial charge in [-0.15, -0.1) is 12.4 Å². The van der Waals surface area contributed by atoms with Crippen LogP contribution in [0.15, 0.2) is 55.1 Å². The van der Waals surface area contributed by atoms with E-state index >= 15 is 0 Å². The van der Waals surface area contributed by atoms with Crippen molar-refractivity contribution in [2.75, 3.05) is 25.7 Å². The van der Waals surface area contributed by atoms with E-state index in [-0.39, 0.29) is 18.3 Å². The zero-order valence-electron chi connectivity index (χ0n) is 20.2. The van der Waals surface area contributed by atoms with Crippen LogP contribution >= 0.6 is 23.7 Å². The van der Waals surface area contributed by atoms with Gasteiger partial charge >= 0.3 is 0 Å². The van der Waals surface area contributed by atoms with Crippen molar-refractivity contribution in [3.8, 4) is 11.5 Å². The summed E-state index contributed by atoms with van der Waals surface area (Å²) in [7, 11) is 3.19. The summed E-state index contributed by atoms with van der Waals surface area (Å²) in [5, 5.41) is 0.705. The van der Waals surface area contributed by atoms with Gasteiger partial charge < -0.3 is 14.0 Å². The summed E-state index contributed by atoms with van der Waals surface area (Å²) in [5.74, 6) is 1.15. The molecule has 9 heteroatoms. The first-order chi connectivity index (χ1) is 16.5. The lowest BCUT2D eigenvalue weighted by Gasteiger charge is -2.18. The molecule has 4 rings (SSSR count). The molecule has 0 aliphatic heterocycles. The predicted molar refractivity (Wildman–Crippen MR) is 144 cm³/mol. The molecule has 0 fully saturated rings. The molecule has 1 amide bonds. The van der Waals surface area contributed by atoms with Gasteiger partial charge in [-0.2, -0.15) is 0 Å². The Labute approximate surface area is 215 Å². The zero-order chi connectivity index (χ0) is 24.1. The summed E-state index contributed by atoms with van der Waals surface area (Å²) in [5.41, 5.74) is 4.14. The molecular weight excluding hydrogens is 484 g/mol. The number of benzene rings is 2. The van der Waals surface area contributed by atoms with Crippen molar-refractivity contribution in [3.63, 3.8) is 0 Å². The van der Waals surface area contributed by atoms with E-state index in [1.165, 1.54) is 5.56 Å². The van der Waals surface area contributed by atoms with E-state index in [2.05, 4.69) is 31.0 Å². The number of methoxy groups -OCH3 is 2. The van der Waals surface area contributed by atoms with Crippen LogP contribution in [-0.2, 0) is 11.3 Å². The maximum absolute atomic E-state index is 13.3. The summed E-state index contributed by atoms with van der Waals surface area (Å²) in [6.45, 7) is 5.47. The minimum atomic E-state index is -0.117. The fraction of sp³-hybridized carbons (Fsp3) is 0.269. The molecule has 7 nitrogen and oxygen atoms in total. The number of ether oxygens (including phenoxy) is 2. The average Bonchev–Trinajstić information content (AvgIpc) is 3.53. The fourth-order valence-electron chi connectivity index (χ4n) is 3.67. The summed E-state index contributed by atoms with van der Waals surface area (Å²) < 4.78 is 13.8. The lowest BCUT2D eigenvalue weighted by molar-refractivity contribution is -0.114. The van der Waals surface area contributed by atoms with Crippen LogP contribution in [0.2, 0.25) is 0 Å². The van der Waals surface area contributed by atoms with Gasteiger partial charge in [0.1, 0.15) is 0 Å². The topological polar surface area (TPSA) is 69.5 Å². The van der Waals surface area contributed by atoms with Gasteiger partial charge in [-0.05, 0) is 61.2 Å². The van der Waals surface area contributed by atoms with Gasteiger partial charge in [0.25, 0.3) is 5.91 Å². The second-order valence-corrected chi connectivity index (χ2v) is 8.95. The van der Waals surface area contributed by atoms with Crippen molar-refractivity contribution < 1.29 is 14.3 Å². The lowest BCUT2D eigenvalue weighted by Crippen LogP contribution is -2.30. The molecular formula is C26H29ClN4O3S. The smallest absolute Gasteiger partial charge is 0.252 e. The van der Waals surface area contributed by atoms with E-state index in [1.807, 2.05) is 29.0 Å². The second kappa shape index (κ2) is 11.9. The van der Waals surface area contributed by atoms with E-state index in [4.69, 9.17) is 14.5 Å². The van der Waals surface area contributed by atoms with Crippen LogP contribution in [-0.4, -0.2) is 41.2 Å². The molecule has 2 aromatic carbocycles. The van der Waals surface area contributed by atoms with Crippen LogP contribution in [0, 0.1) is 13.8 Å². The van der Waals surface area contributed by atoms with Crippen molar-refractivity contribution in [2.24, 2.45) is 0 Å². The molecule has 4 aromatic rings. The van der Waals surface area contributed by atoms with E-state index in [1.54, 1.807) is 55.1 Å². The summed E-state index contributed by atoms with van der Waals surface area (Å²) in [6.07, 6.45) is 9.62. The average molecular weight is 513 g/mol. The number of carbonyl (C=O) groups excluding carboxylic acids is 1. The summed E-state index contributed by atoms with van der Waals surface area (Å²) in [4.78, 5) is 24.0. The van der Waals surface area contributed by atoms with Crippen molar-refractivity contribution in [1.82, 2.24) is 14.5 Å². The van der Waals surface area contributed by atoms with Crippen LogP contribution in [0.3, 0.4) is 0 Å². The molecule has 35 heavy (non-hydrogen) atoms. The maximum Gasteiger partial charge on any atom is 0.252 e. The molecule has 2 aromatic heterocycles. The third kappa shape index (κ3) is 6.01. The van der Waals surface area contributed by atoms with Gasteiger partial charge in [0.15, 0.2) is 16.6 Å². The van der Waals surface area contributed by atoms with Gasteiger partial charge in [-0.25, -0.2) is 9.97 Å². The van der Waals surface area contributed by atoms with E-state index in [0.29, 0.717) is 23.2 Å². The Bertz CT molecular complexity index is 1320. The first-order valence-electron chi connectivity index (χ1n) is 11.0. The first kappa shape index (κ1) is 26.2. The number of aryl methyl sites for hydroxylation is 3. The first-order valence-corrected chi connectivity index (χ1v) is 11.9. The number of imidazole rings is 1. The number of nitrogens with zero attached hydrogens (tertiary/aromatic N) is 4. The highest BCUT2D eigenvalue weighted by Crippen LogP contribution is 2.32. The number of anilines is 1. The molecule has 0 saturated heterocycles. The van der Waals surface area contributed by atoms with Crippen molar-refractivity contribution >= 4 is 51.1 Å². The van der Waals surface area contributed by atoms with Gasteiger partial charge in [0.05, 0.1) is 30.8 Å². The van der Waals surface area contributed by atoms with E-state index in [0.717, 1.165) is 34.3 Å². The standard InChI is InChI=1S/C26H28N4O3S.ClH/c1-18-6-10-23-25(19(18)2)28-26(34-23)30(14-5-13-29-15-12-27-17-29)24(31)11-8-20-7-9-21(32-3)22(16-20)33-4;/h6-12,15-17H,5,13-14H2,1-4H3;1H/b11-8+;. The fourth-order valence-corrected chi connectivity index (χ4v) is 4.73. The Morgan fingerprint density at radius 1 is 1.14 bits per heavy atom. The molecule has 0 N–H and O–H groups in total. The lowest BCUT2D eigenvalue weighted by atomic mass is 10.1. The molecule has 0 saturated carbocycles. The molecule has 0 bridgehead atoms. The van der Waals surface area contributed by atoms with Crippen LogP contribution in [0.4, 0.5) is 5.13 Å². The Hall–Kier alpha value is -3.36. The molecule has 0 aliphatic rings. The van der Waals surface area contributed by atoms with Crippen LogP contribution < -0.4 is 14.4 Å². The van der Waals surface area contributed by atoms with E-state index < -0.39 is 0 Å². The highest BCUT2D eigenvalue weighted by Gasteiger charge is 2.19. The zero-order valence-corrected chi connectivity index (χ0v) is 21.9. The number of fused-ring (bicyclic) bond motifs is 1. The quantitative estimate of drug-likeness (QED) is 0.270. The van der Waals surface area contributed by atoms with E-state index in [9.17, 15) is 4.79 Å². The molecule has 2 heterocycles. The van der Waals surface area contributed by atoms with Crippen molar-refractivity contribution in [1.29, 1.82) is 0 Å². The van der Waals surface area contributed by atoms with Crippen molar-refractivity contribution in [2.45, 2.75) is 26.8 Å². The van der Waals surface area contributed by atoms with Gasteiger partial charge in [-0.3, -0.25) is 9.69 Å². The monoisotopic (exact) mass is 512 g/mol. The number of hydrogen-bond acceptors (Lipinski definition) is 6. The predicted octanol–water partition coefficient (Wildman–Crippen LogP) is 5.69. The number of halogens is 1. The Kier molecular flexibility index (Phi) is 8.89. The molecule has 184 valence electrons. The number of rotatable bonds is 9. The Balaban J connectivity index is 0.00000342. The number of carbonyl (C=O) groups is 1. The third-order valence-corrected chi connectivity index (χ3v) is 6.80. The van der Waals surface area contributed by atoms with Gasteiger partial charge in [0, 0.05) is 31.6 Å². The number of thiazole rings is 1. The highest BCUT2D eigenvalue weighted by atomic mass is 35.5. The Morgan fingerprint density at radius 2 is 1.94 bits per heavy atom. The van der Waals surface area contributed by atoms with Gasteiger partial charge in [-0.1, -0.05) is 23.5 Å². The van der Waals surface area contributed by atoms with Crippen LogP contribution in [0.25, 0.3) is 16.3 Å². The number of hydrogen-bond donors (Lipinski definition) is 0. The van der Waals surface area contributed by atoms with Crippen molar-refractivity contribution in [3.05, 3.63) is 71.8 Å². The summed E-state index contributed by atoms with van der Waals surface area (Å²) >= 11 is 1.54. The second-order valence-electron chi connectivity index (χ2n) is 7.94. The van der Waals surface area contributed by atoms with Gasteiger partial charge in [0.2, 0.25) is 0 Å². The number of aromatic nitrogens is 3. The third-order valence-electron chi connectivity index (χ3n) is 5.75.